The fourth-order valence-electron chi connectivity index (χ4n) is 1.05. The molecular formula is C10H14N2O5. The molecule has 0 amide bonds. The van der Waals surface area contributed by atoms with Gasteiger partial charge in [0.2, 0.25) is 0 Å². The molecule has 0 bridgehead atoms. The van der Waals surface area contributed by atoms with Gasteiger partial charge in [-0.05, 0) is 20.8 Å². The van der Waals surface area contributed by atoms with Crippen molar-refractivity contribution in [3.63, 3.8) is 0 Å². The lowest BCUT2D eigenvalue weighted by Crippen LogP contribution is -2.32. The summed E-state index contributed by atoms with van der Waals surface area (Å²) in [7, 11) is 1.17. The van der Waals surface area contributed by atoms with Crippen LogP contribution in [0.2, 0.25) is 0 Å². The van der Waals surface area contributed by atoms with E-state index < -0.39 is 23.2 Å². The number of ether oxygens (including phenoxy) is 2. The van der Waals surface area contributed by atoms with Gasteiger partial charge < -0.3 is 9.47 Å². The van der Waals surface area contributed by atoms with Crippen molar-refractivity contribution in [1.82, 2.24) is 9.78 Å². The molecule has 0 radical (unpaired) electrons. The zero-order valence-corrected chi connectivity index (χ0v) is 10.1. The zero-order valence-electron chi connectivity index (χ0n) is 10.1. The molecule has 0 spiro atoms. The number of rotatable bonds is 1. The second-order valence-corrected chi connectivity index (χ2v) is 4.32. The third-order valence-corrected chi connectivity index (χ3v) is 1.70. The van der Waals surface area contributed by atoms with Gasteiger partial charge in [0.25, 0.3) is 5.56 Å². The summed E-state index contributed by atoms with van der Waals surface area (Å²) in [6.45, 7) is 5.00. The average Bonchev–Trinajstić information content (AvgIpc) is 2.56. The Morgan fingerprint density at radius 3 is 2.41 bits per heavy atom. The van der Waals surface area contributed by atoms with Crippen LogP contribution in [0.4, 0.5) is 4.79 Å². The van der Waals surface area contributed by atoms with Gasteiger partial charge >= 0.3 is 12.1 Å². The van der Waals surface area contributed by atoms with Crippen molar-refractivity contribution in [2.75, 3.05) is 7.11 Å². The number of H-pyrrole nitrogens is 1. The van der Waals surface area contributed by atoms with Gasteiger partial charge in [-0.2, -0.15) is 0 Å². The van der Waals surface area contributed by atoms with Crippen molar-refractivity contribution in [2.24, 2.45) is 0 Å². The van der Waals surface area contributed by atoms with Crippen molar-refractivity contribution in [2.45, 2.75) is 26.4 Å². The van der Waals surface area contributed by atoms with E-state index in [1.165, 1.54) is 7.11 Å². The number of hydrogen-bond donors (Lipinski definition) is 1. The van der Waals surface area contributed by atoms with Gasteiger partial charge in [-0.15, -0.1) is 4.68 Å². The Morgan fingerprint density at radius 2 is 1.94 bits per heavy atom. The Bertz CT molecular complexity index is 492. The van der Waals surface area contributed by atoms with E-state index in [4.69, 9.17) is 4.74 Å². The fourth-order valence-corrected chi connectivity index (χ4v) is 1.05. The van der Waals surface area contributed by atoms with Gasteiger partial charge in [-0.25, -0.2) is 9.59 Å². The van der Waals surface area contributed by atoms with Crippen LogP contribution in [0, 0.1) is 0 Å². The van der Waals surface area contributed by atoms with E-state index in [1.54, 1.807) is 20.8 Å². The predicted octanol–water partition coefficient (Wildman–Crippen LogP) is 0.746. The van der Waals surface area contributed by atoms with Crippen LogP contribution in [-0.4, -0.2) is 34.6 Å². The number of hydrogen-bond acceptors (Lipinski definition) is 5. The fraction of sp³-hybridized carbons (Fsp3) is 0.500. The summed E-state index contributed by atoms with van der Waals surface area (Å²) in [5, 5.41) is 2.31. The topological polar surface area (TPSA) is 90.4 Å². The number of nitrogens with zero attached hydrogens (tertiary/aromatic N) is 1. The van der Waals surface area contributed by atoms with Gasteiger partial charge in [0.15, 0.2) is 0 Å². The van der Waals surface area contributed by atoms with E-state index in [1.807, 2.05) is 0 Å². The number of carbonyl (C=O) groups is 2. The molecule has 1 rings (SSSR count). The molecule has 1 heterocycles. The van der Waals surface area contributed by atoms with Crippen LogP contribution < -0.4 is 5.56 Å². The maximum atomic E-state index is 11.6. The van der Waals surface area contributed by atoms with E-state index in [2.05, 4.69) is 9.84 Å². The first-order valence-corrected chi connectivity index (χ1v) is 4.88. The highest BCUT2D eigenvalue weighted by Crippen LogP contribution is 2.07. The third-order valence-electron chi connectivity index (χ3n) is 1.70. The highest BCUT2D eigenvalue weighted by molar-refractivity contribution is 5.87. The second kappa shape index (κ2) is 4.44. The van der Waals surface area contributed by atoms with Crippen LogP contribution in [0.3, 0.4) is 0 Å². The summed E-state index contributed by atoms with van der Waals surface area (Å²) >= 11 is 0. The van der Waals surface area contributed by atoms with Gasteiger partial charge in [-0.1, -0.05) is 0 Å². The second-order valence-electron chi connectivity index (χ2n) is 4.32. The molecule has 1 aromatic rings. The van der Waals surface area contributed by atoms with Crippen molar-refractivity contribution in [3.05, 3.63) is 22.1 Å². The van der Waals surface area contributed by atoms with E-state index >= 15 is 0 Å². The number of methoxy groups -OCH3 is 1. The van der Waals surface area contributed by atoms with Crippen molar-refractivity contribution in [1.29, 1.82) is 0 Å². The number of esters is 1. The average molecular weight is 242 g/mol. The number of carbonyl (C=O) groups excluding carboxylic acids is 2. The lowest BCUT2D eigenvalue weighted by molar-refractivity contribution is 0.0506. The van der Waals surface area contributed by atoms with Crippen LogP contribution in [0.1, 0.15) is 31.3 Å². The molecular weight excluding hydrogens is 228 g/mol. The molecule has 7 heteroatoms. The van der Waals surface area contributed by atoms with Gasteiger partial charge in [-0.3, -0.25) is 9.89 Å². The first-order chi connectivity index (χ1) is 7.74. The monoisotopic (exact) mass is 242 g/mol. The minimum absolute atomic E-state index is 0.108. The Kier molecular flexibility index (Phi) is 3.40. The quantitative estimate of drug-likeness (QED) is 0.734. The molecule has 0 saturated carbocycles. The van der Waals surface area contributed by atoms with Crippen LogP contribution in [0.5, 0.6) is 0 Å². The molecule has 94 valence electrons. The Balaban J connectivity index is 3.00. The highest BCUT2D eigenvalue weighted by Gasteiger charge is 2.21. The lowest BCUT2D eigenvalue weighted by Gasteiger charge is -2.18. The van der Waals surface area contributed by atoms with Crippen molar-refractivity contribution in [3.8, 4) is 0 Å². The summed E-state index contributed by atoms with van der Waals surface area (Å²) in [6.07, 6.45) is -0.877. The van der Waals surface area contributed by atoms with E-state index in [-0.39, 0.29) is 5.69 Å². The summed E-state index contributed by atoms with van der Waals surface area (Å²) in [5.41, 5.74) is -1.52. The smallest absolute Gasteiger partial charge is 0.436 e. The van der Waals surface area contributed by atoms with Crippen molar-refractivity contribution >= 4 is 12.1 Å². The zero-order chi connectivity index (χ0) is 13.2. The Labute approximate surface area is 97.3 Å². The van der Waals surface area contributed by atoms with E-state index in [9.17, 15) is 14.4 Å². The number of nitrogens with one attached hydrogen (secondary N) is 1. The number of aromatic nitrogens is 2. The molecule has 0 aromatic carbocycles. The highest BCUT2D eigenvalue weighted by atomic mass is 16.6. The first kappa shape index (κ1) is 13.0. The minimum Gasteiger partial charge on any atom is -0.464 e. The normalized spacial score (nSPS) is 11.1. The molecule has 0 unspecified atom stereocenters. The minimum atomic E-state index is -0.877. The molecule has 7 nitrogen and oxygen atoms in total. The molecule has 17 heavy (non-hydrogen) atoms. The van der Waals surface area contributed by atoms with Gasteiger partial charge in [0, 0.05) is 6.07 Å². The molecule has 1 aromatic heterocycles. The molecule has 0 saturated heterocycles. The van der Waals surface area contributed by atoms with Gasteiger partial charge in [0.05, 0.1) is 7.11 Å². The molecule has 0 aliphatic heterocycles. The molecule has 0 atom stereocenters. The lowest BCUT2D eigenvalue weighted by atomic mass is 10.2. The van der Waals surface area contributed by atoms with Gasteiger partial charge in [0.1, 0.15) is 11.3 Å². The standard InChI is InChI=1S/C10H14N2O5/c1-10(2,3)17-9(15)12-7(13)5-6(11-12)8(14)16-4/h5,11H,1-4H3. The SMILES string of the molecule is COC(=O)c1cc(=O)n(C(=O)OC(C)(C)C)[nH]1. The molecule has 0 aliphatic carbocycles. The summed E-state index contributed by atoms with van der Waals surface area (Å²) in [4.78, 5) is 34.1. The predicted molar refractivity (Wildman–Crippen MR) is 58.0 cm³/mol. The largest absolute Gasteiger partial charge is 0.464 e. The summed E-state index contributed by atoms with van der Waals surface area (Å²) < 4.78 is 9.99. The Morgan fingerprint density at radius 1 is 1.35 bits per heavy atom. The van der Waals surface area contributed by atoms with Crippen molar-refractivity contribution < 1.29 is 19.1 Å². The first-order valence-electron chi connectivity index (χ1n) is 4.88. The van der Waals surface area contributed by atoms with E-state index in [0.717, 1.165) is 6.07 Å². The summed E-state index contributed by atoms with van der Waals surface area (Å²) in [6, 6.07) is 0.968. The molecule has 0 aliphatic rings. The molecule has 1 N–H and O–H groups in total. The number of aromatic amines is 1. The maximum Gasteiger partial charge on any atom is 0.436 e. The molecule has 0 fully saturated rings. The van der Waals surface area contributed by atoms with Crippen LogP contribution in [0.25, 0.3) is 0 Å². The third kappa shape index (κ3) is 3.20. The van der Waals surface area contributed by atoms with Crippen LogP contribution >= 0.6 is 0 Å². The van der Waals surface area contributed by atoms with Crippen LogP contribution in [0.15, 0.2) is 10.9 Å². The van der Waals surface area contributed by atoms with E-state index in [0.29, 0.717) is 4.68 Å². The summed E-state index contributed by atoms with van der Waals surface area (Å²) in [5.74, 6) is -0.732. The maximum absolute atomic E-state index is 11.6. The Hall–Kier alpha value is -2.05. The van der Waals surface area contributed by atoms with Crippen LogP contribution in [-0.2, 0) is 9.47 Å².